The third-order valence-electron chi connectivity index (χ3n) is 4.80. The van der Waals surface area contributed by atoms with Crippen molar-refractivity contribution in [3.8, 4) is 22.8 Å². The molecule has 0 saturated carbocycles. The Morgan fingerprint density at radius 2 is 2.11 bits per heavy atom. The van der Waals surface area contributed by atoms with Crippen molar-refractivity contribution >= 4 is 11.8 Å². The number of piperidine rings is 1. The Labute approximate surface area is 163 Å². The molecule has 1 aromatic carbocycles. The Morgan fingerprint density at radius 3 is 2.82 bits per heavy atom. The molecule has 0 spiro atoms. The summed E-state index contributed by atoms with van der Waals surface area (Å²) in [5.41, 5.74) is 0.877. The number of benzene rings is 1. The number of nitrogens with one attached hydrogen (secondary N) is 1. The number of rotatable bonds is 6. The summed E-state index contributed by atoms with van der Waals surface area (Å²) < 4.78 is 16.0. The molecule has 8 heteroatoms. The Hall–Kier alpha value is -3.03. The highest BCUT2D eigenvalue weighted by Crippen LogP contribution is 2.34. The number of likely N-dealkylation sites (tertiary alicyclic amines) is 1. The molecule has 1 N–H and O–H groups in total. The van der Waals surface area contributed by atoms with Crippen LogP contribution in [0, 0.1) is 0 Å². The van der Waals surface area contributed by atoms with Gasteiger partial charge in [-0.2, -0.15) is 0 Å². The van der Waals surface area contributed by atoms with Crippen molar-refractivity contribution in [1.82, 2.24) is 15.4 Å². The van der Waals surface area contributed by atoms with Gasteiger partial charge in [0.1, 0.15) is 11.5 Å². The molecule has 0 bridgehead atoms. The summed E-state index contributed by atoms with van der Waals surface area (Å²) in [6.45, 7) is 2.90. The summed E-state index contributed by atoms with van der Waals surface area (Å²) in [5.74, 6) is 1.44. The molecule has 28 heavy (non-hydrogen) atoms. The summed E-state index contributed by atoms with van der Waals surface area (Å²) >= 11 is 0. The summed E-state index contributed by atoms with van der Waals surface area (Å²) in [7, 11) is 3.14. The summed E-state index contributed by atoms with van der Waals surface area (Å²) in [6.07, 6.45) is 2.12. The van der Waals surface area contributed by atoms with Gasteiger partial charge in [0.05, 0.1) is 19.8 Å². The number of carbonyl (C=O) groups is 2. The van der Waals surface area contributed by atoms with Gasteiger partial charge in [-0.3, -0.25) is 9.59 Å². The standard InChI is InChI=1S/C20H25N3O5/c1-4-19(24)21-13-6-5-9-23(12-13)20(25)16-11-18(28-22-16)15-10-14(26-2)7-8-17(15)27-3/h7-8,10-11,13H,4-6,9,12H2,1-3H3,(H,21,24). The second kappa shape index (κ2) is 8.77. The number of nitrogens with zero attached hydrogens (tertiary/aromatic N) is 2. The molecule has 1 unspecified atom stereocenters. The third kappa shape index (κ3) is 4.27. The van der Waals surface area contributed by atoms with E-state index in [-0.39, 0.29) is 23.6 Å². The number of ether oxygens (including phenoxy) is 2. The van der Waals surface area contributed by atoms with Crippen molar-refractivity contribution in [2.75, 3.05) is 27.3 Å². The molecule has 2 amide bonds. The fourth-order valence-corrected chi connectivity index (χ4v) is 3.28. The minimum absolute atomic E-state index is 0.00635. The Balaban J connectivity index is 1.76. The number of aromatic nitrogens is 1. The van der Waals surface area contributed by atoms with Gasteiger partial charge >= 0.3 is 0 Å². The number of carbonyl (C=O) groups excluding carboxylic acids is 2. The van der Waals surface area contributed by atoms with E-state index in [0.29, 0.717) is 42.3 Å². The van der Waals surface area contributed by atoms with Gasteiger partial charge in [0.15, 0.2) is 11.5 Å². The van der Waals surface area contributed by atoms with E-state index in [0.717, 1.165) is 12.8 Å². The van der Waals surface area contributed by atoms with Gasteiger partial charge in [-0.1, -0.05) is 12.1 Å². The zero-order valence-corrected chi connectivity index (χ0v) is 16.4. The smallest absolute Gasteiger partial charge is 0.276 e. The van der Waals surface area contributed by atoms with Crippen LogP contribution in [0.5, 0.6) is 11.5 Å². The van der Waals surface area contributed by atoms with E-state index in [4.69, 9.17) is 14.0 Å². The predicted octanol–water partition coefficient (Wildman–Crippen LogP) is 2.49. The predicted molar refractivity (Wildman–Crippen MR) is 102 cm³/mol. The lowest BCUT2D eigenvalue weighted by atomic mass is 10.0. The van der Waals surface area contributed by atoms with Crippen molar-refractivity contribution in [3.63, 3.8) is 0 Å². The van der Waals surface area contributed by atoms with E-state index < -0.39 is 0 Å². The molecule has 2 heterocycles. The molecule has 1 saturated heterocycles. The maximum Gasteiger partial charge on any atom is 0.276 e. The molecule has 8 nitrogen and oxygen atoms in total. The zero-order valence-electron chi connectivity index (χ0n) is 16.4. The first-order valence-electron chi connectivity index (χ1n) is 9.33. The number of amides is 2. The molecule has 1 fully saturated rings. The largest absolute Gasteiger partial charge is 0.497 e. The number of methoxy groups -OCH3 is 2. The van der Waals surface area contributed by atoms with Gasteiger partial charge in [0.25, 0.3) is 5.91 Å². The quantitative estimate of drug-likeness (QED) is 0.818. The zero-order chi connectivity index (χ0) is 20.1. The minimum atomic E-state index is -0.215. The van der Waals surface area contributed by atoms with Gasteiger partial charge in [-0.05, 0) is 31.0 Å². The van der Waals surface area contributed by atoms with E-state index in [2.05, 4.69) is 10.5 Å². The Kier molecular flexibility index (Phi) is 6.18. The molecule has 3 rings (SSSR count). The van der Waals surface area contributed by atoms with Crippen LogP contribution >= 0.6 is 0 Å². The van der Waals surface area contributed by atoms with Crippen LogP contribution < -0.4 is 14.8 Å². The molecule has 2 aromatic rings. The fourth-order valence-electron chi connectivity index (χ4n) is 3.28. The molecule has 150 valence electrons. The highest BCUT2D eigenvalue weighted by Gasteiger charge is 2.27. The van der Waals surface area contributed by atoms with Crippen molar-refractivity contribution in [3.05, 3.63) is 30.0 Å². The van der Waals surface area contributed by atoms with Gasteiger partial charge in [-0.25, -0.2) is 0 Å². The van der Waals surface area contributed by atoms with E-state index in [9.17, 15) is 9.59 Å². The van der Waals surface area contributed by atoms with Crippen molar-refractivity contribution in [1.29, 1.82) is 0 Å². The van der Waals surface area contributed by atoms with Crippen LogP contribution in [-0.2, 0) is 4.79 Å². The van der Waals surface area contributed by atoms with Crippen LogP contribution in [0.3, 0.4) is 0 Å². The van der Waals surface area contributed by atoms with Crippen LogP contribution in [0.1, 0.15) is 36.7 Å². The van der Waals surface area contributed by atoms with Gasteiger partial charge < -0.3 is 24.2 Å². The Morgan fingerprint density at radius 1 is 1.29 bits per heavy atom. The topological polar surface area (TPSA) is 93.9 Å². The monoisotopic (exact) mass is 387 g/mol. The first-order valence-corrected chi connectivity index (χ1v) is 9.33. The molecule has 1 aromatic heterocycles. The molecule has 0 aliphatic carbocycles. The highest BCUT2D eigenvalue weighted by atomic mass is 16.5. The normalized spacial score (nSPS) is 16.5. The van der Waals surface area contributed by atoms with Crippen molar-refractivity contribution in [2.45, 2.75) is 32.2 Å². The van der Waals surface area contributed by atoms with E-state index in [1.807, 2.05) is 6.92 Å². The van der Waals surface area contributed by atoms with Crippen LogP contribution in [0.25, 0.3) is 11.3 Å². The molecule has 1 aliphatic rings. The summed E-state index contributed by atoms with van der Waals surface area (Å²) in [6, 6.07) is 6.89. The maximum atomic E-state index is 12.9. The molecule has 1 aliphatic heterocycles. The second-order valence-corrected chi connectivity index (χ2v) is 6.65. The molecule has 0 radical (unpaired) electrons. The summed E-state index contributed by atoms with van der Waals surface area (Å²) in [5, 5.41) is 6.91. The lowest BCUT2D eigenvalue weighted by Crippen LogP contribution is -2.49. The van der Waals surface area contributed by atoms with Crippen molar-refractivity contribution < 1.29 is 23.6 Å². The first kappa shape index (κ1) is 19.7. The summed E-state index contributed by atoms with van der Waals surface area (Å²) in [4.78, 5) is 26.2. The van der Waals surface area contributed by atoms with Gasteiger partial charge in [0.2, 0.25) is 5.91 Å². The number of hydrogen-bond donors (Lipinski definition) is 1. The lowest BCUT2D eigenvalue weighted by Gasteiger charge is -2.32. The minimum Gasteiger partial charge on any atom is -0.497 e. The van der Waals surface area contributed by atoms with Gasteiger partial charge in [-0.15, -0.1) is 0 Å². The van der Waals surface area contributed by atoms with E-state index >= 15 is 0 Å². The highest BCUT2D eigenvalue weighted by molar-refractivity contribution is 5.93. The van der Waals surface area contributed by atoms with Gasteiger partial charge in [0, 0.05) is 31.6 Å². The average molecular weight is 387 g/mol. The number of hydrogen-bond acceptors (Lipinski definition) is 6. The Bertz CT molecular complexity index is 848. The third-order valence-corrected chi connectivity index (χ3v) is 4.80. The SMILES string of the molecule is CCC(=O)NC1CCCN(C(=O)c2cc(-c3cc(OC)ccc3OC)on2)C1. The second-order valence-electron chi connectivity index (χ2n) is 6.65. The van der Waals surface area contributed by atoms with Crippen LogP contribution in [0.15, 0.2) is 28.8 Å². The molecular formula is C20H25N3O5. The van der Waals surface area contributed by atoms with Crippen LogP contribution in [0.2, 0.25) is 0 Å². The molecular weight excluding hydrogens is 362 g/mol. The lowest BCUT2D eigenvalue weighted by molar-refractivity contribution is -0.121. The fraction of sp³-hybridized carbons (Fsp3) is 0.450. The first-order chi connectivity index (χ1) is 13.5. The van der Waals surface area contributed by atoms with Crippen LogP contribution in [-0.4, -0.2) is 55.2 Å². The van der Waals surface area contributed by atoms with E-state index in [1.54, 1.807) is 43.4 Å². The average Bonchev–Trinajstić information content (AvgIpc) is 3.22. The molecule has 1 atom stereocenters. The van der Waals surface area contributed by atoms with E-state index in [1.165, 1.54) is 0 Å². The van der Waals surface area contributed by atoms with Crippen LogP contribution in [0.4, 0.5) is 0 Å². The van der Waals surface area contributed by atoms with Crippen molar-refractivity contribution in [2.24, 2.45) is 0 Å². The maximum absolute atomic E-state index is 12.9.